The van der Waals surface area contributed by atoms with Crippen molar-refractivity contribution in [2.45, 2.75) is 0 Å². The van der Waals surface area contributed by atoms with Crippen LogP contribution in [-0.2, 0) is 9.63 Å². The van der Waals surface area contributed by atoms with Gasteiger partial charge in [-0.25, -0.2) is 9.87 Å². The molecule has 0 aromatic rings. The number of halogens is 2. The average Bonchev–Trinajstić information content (AvgIpc) is 1.83. The van der Waals surface area contributed by atoms with Crippen LogP contribution in [0.4, 0.5) is 8.78 Å². The molecule has 0 spiro atoms. The molecule has 0 radical (unpaired) electrons. The molecule has 9 heavy (non-hydrogen) atoms. The summed E-state index contributed by atoms with van der Waals surface area (Å²) >= 11 is 0. The molecule has 1 rings (SSSR count). The van der Waals surface area contributed by atoms with Gasteiger partial charge in [0, 0.05) is 0 Å². The lowest BCUT2D eigenvalue weighted by molar-refractivity contribution is -0.133. The molecule has 0 bridgehead atoms. The van der Waals surface area contributed by atoms with E-state index in [2.05, 4.69) is 4.84 Å². The molecular weight excluding hydrogens is 132 g/mol. The van der Waals surface area contributed by atoms with E-state index in [4.69, 9.17) is 0 Å². The van der Waals surface area contributed by atoms with Crippen molar-refractivity contribution >= 4 is 5.91 Å². The third-order valence-electron chi connectivity index (χ3n) is 0.801. The van der Waals surface area contributed by atoms with Gasteiger partial charge in [0.25, 0.3) is 0 Å². The summed E-state index contributed by atoms with van der Waals surface area (Å²) in [4.78, 5) is 14.2. The number of hydroxylamine groups is 1. The quantitative estimate of drug-likeness (QED) is 0.515. The van der Waals surface area contributed by atoms with Gasteiger partial charge < -0.3 is 0 Å². The highest BCUT2D eigenvalue weighted by atomic mass is 19.2. The van der Waals surface area contributed by atoms with E-state index in [1.54, 1.807) is 5.48 Å². The molecule has 1 heterocycles. The van der Waals surface area contributed by atoms with Crippen LogP contribution in [-0.4, -0.2) is 12.5 Å². The van der Waals surface area contributed by atoms with Gasteiger partial charge in [0.2, 0.25) is 5.83 Å². The van der Waals surface area contributed by atoms with Gasteiger partial charge in [0.1, 0.15) is 6.61 Å². The summed E-state index contributed by atoms with van der Waals surface area (Å²) in [6, 6.07) is 0. The van der Waals surface area contributed by atoms with Crippen LogP contribution in [0.3, 0.4) is 0 Å². The molecule has 0 aliphatic carbocycles. The van der Waals surface area contributed by atoms with Crippen LogP contribution >= 0.6 is 0 Å². The van der Waals surface area contributed by atoms with E-state index in [1.165, 1.54) is 0 Å². The minimum atomic E-state index is -1.40. The summed E-state index contributed by atoms with van der Waals surface area (Å²) < 4.78 is 23.9. The zero-order chi connectivity index (χ0) is 6.85. The highest BCUT2D eigenvalue weighted by Gasteiger charge is 2.20. The van der Waals surface area contributed by atoms with Crippen LogP contribution in [0.1, 0.15) is 0 Å². The van der Waals surface area contributed by atoms with Gasteiger partial charge in [-0.1, -0.05) is 0 Å². The van der Waals surface area contributed by atoms with E-state index in [1.807, 2.05) is 0 Å². The fourth-order valence-electron chi connectivity index (χ4n) is 0.396. The molecule has 5 heteroatoms. The highest BCUT2D eigenvalue weighted by molar-refractivity contribution is 5.91. The molecule has 0 aromatic carbocycles. The minimum absolute atomic E-state index is 0.530. The van der Waals surface area contributed by atoms with Crippen molar-refractivity contribution in [3.05, 3.63) is 11.7 Å². The first kappa shape index (κ1) is 6.15. The number of hydrogen-bond acceptors (Lipinski definition) is 2. The Hall–Kier alpha value is -0.970. The van der Waals surface area contributed by atoms with Crippen molar-refractivity contribution in [2.75, 3.05) is 6.61 Å². The second-order valence-corrected chi connectivity index (χ2v) is 1.44. The lowest BCUT2D eigenvalue weighted by Crippen LogP contribution is -2.29. The van der Waals surface area contributed by atoms with Crippen molar-refractivity contribution in [1.82, 2.24) is 5.48 Å². The smallest absolute Gasteiger partial charge is 0.266 e. The molecule has 0 saturated carbocycles. The van der Waals surface area contributed by atoms with E-state index in [9.17, 15) is 13.6 Å². The number of carbonyl (C=O) groups is 1. The normalized spacial score (nSPS) is 20.0. The van der Waals surface area contributed by atoms with Gasteiger partial charge in [-0.3, -0.25) is 9.63 Å². The van der Waals surface area contributed by atoms with Crippen LogP contribution in [0.25, 0.3) is 0 Å². The Morgan fingerprint density at radius 1 is 1.56 bits per heavy atom. The summed E-state index contributed by atoms with van der Waals surface area (Å²) in [6.45, 7) is -0.530. The predicted molar refractivity (Wildman–Crippen MR) is 23.3 cm³/mol. The molecule has 1 N–H and O–H groups in total. The number of hydrogen-bond donors (Lipinski definition) is 1. The zero-order valence-corrected chi connectivity index (χ0v) is 4.28. The Balaban J connectivity index is 2.84. The van der Waals surface area contributed by atoms with Crippen LogP contribution in [0.15, 0.2) is 11.7 Å². The molecule has 0 saturated heterocycles. The third kappa shape index (κ3) is 1.05. The van der Waals surface area contributed by atoms with Crippen molar-refractivity contribution < 1.29 is 18.4 Å². The number of amides is 1. The Morgan fingerprint density at radius 3 is 2.67 bits per heavy atom. The van der Waals surface area contributed by atoms with Gasteiger partial charge in [0.15, 0.2) is 5.83 Å². The zero-order valence-electron chi connectivity index (χ0n) is 4.28. The van der Waals surface area contributed by atoms with Gasteiger partial charge in [-0.05, 0) is 0 Å². The van der Waals surface area contributed by atoms with E-state index in [0.29, 0.717) is 0 Å². The third-order valence-corrected chi connectivity index (χ3v) is 0.801. The number of nitrogens with one attached hydrogen (secondary N) is 1. The van der Waals surface area contributed by atoms with Crippen molar-refractivity contribution in [2.24, 2.45) is 0 Å². The van der Waals surface area contributed by atoms with E-state index >= 15 is 0 Å². The fourth-order valence-corrected chi connectivity index (χ4v) is 0.396. The van der Waals surface area contributed by atoms with Gasteiger partial charge in [-0.2, -0.15) is 4.39 Å². The molecule has 1 aliphatic heterocycles. The van der Waals surface area contributed by atoms with Crippen LogP contribution in [0.5, 0.6) is 0 Å². The van der Waals surface area contributed by atoms with Gasteiger partial charge >= 0.3 is 5.91 Å². The largest absolute Gasteiger partial charge is 0.306 e. The molecule has 0 fully saturated rings. The van der Waals surface area contributed by atoms with E-state index in [0.717, 1.165) is 0 Å². The fraction of sp³-hybridized carbons (Fsp3) is 0.250. The molecule has 1 amide bonds. The second kappa shape index (κ2) is 2.10. The molecule has 0 unspecified atom stereocenters. The summed E-state index contributed by atoms with van der Waals surface area (Å²) in [5.41, 5.74) is 1.65. The second-order valence-electron chi connectivity index (χ2n) is 1.44. The monoisotopic (exact) mass is 135 g/mol. The Morgan fingerprint density at radius 2 is 2.22 bits per heavy atom. The summed E-state index contributed by atoms with van der Waals surface area (Å²) in [5, 5.41) is 0. The number of rotatable bonds is 0. The van der Waals surface area contributed by atoms with Crippen molar-refractivity contribution in [1.29, 1.82) is 0 Å². The summed E-state index contributed by atoms with van der Waals surface area (Å²) in [5.74, 6) is -3.74. The summed E-state index contributed by atoms with van der Waals surface area (Å²) in [7, 11) is 0. The summed E-state index contributed by atoms with van der Waals surface area (Å²) in [6.07, 6.45) is 0. The van der Waals surface area contributed by atoms with Crippen molar-refractivity contribution in [3.8, 4) is 0 Å². The number of carbonyl (C=O) groups excluding carboxylic acids is 1. The molecular formula is C4H3F2NO2. The molecule has 0 aromatic heterocycles. The van der Waals surface area contributed by atoms with E-state index in [-0.39, 0.29) is 0 Å². The van der Waals surface area contributed by atoms with Crippen LogP contribution in [0, 0.1) is 0 Å². The Bertz CT molecular complexity index is 177. The Labute approximate surface area is 49.2 Å². The average molecular weight is 135 g/mol. The standard InChI is InChI=1S/C4H3F2NO2/c5-2-1-9-7-4(8)3(2)6/h1H2,(H,7,8). The highest BCUT2D eigenvalue weighted by Crippen LogP contribution is 2.11. The topological polar surface area (TPSA) is 38.3 Å². The van der Waals surface area contributed by atoms with Crippen LogP contribution in [0.2, 0.25) is 0 Å². The van der Waals surface area contributed by atoms with Crippen molar-refractivity contribution in [3.63, 3.8) is 0 Å². The Kier molecular flexibility index (Phi) is 1.44. The first-order valence-corrected chi connectivity index (χ1v) is 2.18. The van der Waals surface area contributed by atoms with E-state index < -0.39 is 24.2 Å². The minimum Gasteiger partial charge on any atom is -0.266 e. The maximum absolute atomic E-state index is 12.0. The first-order chi connectivity index (χ1) is 4.22. The lowest BCUT2D eigenvalue weighted by atomic mass is 10.4. The van der Waals surface area contributed by atoms with Crippen LogP contribution < -0.4 is 5.48 Å². The SMILES string of the molecule is O=C1NOCC(F)=C1F. The lowest BCUT2D eigenvalue weighted by Gasteiger charge is -2.08. The molecule has 3 nitrogen and oxygen atoms in total. The van der Waals surface area contributed by atoms with Gasteiger partial charge in [-0.15, -0.1) is 0 Å². The van der Waals surface area contributed by atoms with Gasteiger partial charge in [0.05, 0.1) is 0 Å². The molecule has 1 aliphatic rings. The maximum atomic E-state index is 12.0. The molecule has 0 atom stereocenters. The predicted octanol–water partition coefficient (Wildman–Crippen LogP) is 0.198. The maximum Gasteiger partial charge on any atom is 0.306 e. The first-order valence-electron chi connectivity index (χ1n) is 2.18. The molecule has 50 valence electrons.